The van der Waals surface area contributed by atoms with Crippen LogP contribution < -0.4 is 10.9 Å². The molecule has 6 nitrogen and oxygen atoms in total. The lowest BCUT2D eigenvalue weighted by Gasteiger charge is -2.16. The monoisotopic (exact) mass is 373 g/mol. The average Bonchev–Trinajstić information content (AvgIpc) is 3.43. The van der Waals surface area contributed by atoms with Crippen molar-refractivity contribution in [1.29, 1.82) is 0 Å². The average molecular weight is 373 g/mol. The Bertz CT molecular complexity index is 1240. The molecule has 2 aromatic heterocycles. The van der Waals surface area contributed by atoms with Crippen molar-refractivity contribution in [2.75, 3.05) is 6.54 Å². The summed E-state index contributed by atoms with van der Waals surface area (Å²) in [5.41, 5.74) is 2.25. The summed E-state index contributed by atoms with van der Waals surface area (Å²) in [6.07, 6.45) is 3.53. The van der Waals surface area contributed by atoms with E-state index < -0.39 is 0 Å². The minimum atomic E-state index is -0.347. The molecule has 0 saturated heterocycles. The van der Waals surface area contributed by atoms with Gasteiger partial charge >= 0.3 is 0 Å². The highest BCUT2D eigenvalue weighted by Crippen LogP contribution is 2.47. The number of fused-ring (bicyclic) bond motifs is 3. The van der Waals surface area contributed by atoms with Crippen molar-refractivity contribution in [2.45, 2.75) is 24.8 Å². The Kier molecular flexibility index (Phi) is 3.79. The number of rotatable bonds is 5. The largest absolute Gasteiger partial charge is 0.448 e. The van der Waals surface area contributed by atoms with E-state index in [1.807, 2.05) is 36.4 Å². The molecule has 1 fully saturated rings. The molecule has 140 valence electrons. The molecule has 28 heavy (non-hydrogen) atoms. The van der Waals surface area contributed by atoms with Gasteiger partial charge in [-0.1, -0.05) is 42.5 Å². The van der Waals surface area contributed by atoms with Crippen LogP contribution in [0, 0.1) is 0 Å². The van der Waals surface area contributed by atoms with Crippen LogP contribution in [0.1, 0.15) is 18.4 Å². The molecule has 4 aromatic rings. The van der Waals surface area contributed by atoms with Gasteiger partial charge in [-0.2, -0.15) is 0 Å². The van der Waals surface area contributed by atoms with Crippen molar-refractivity contribution < 1.29 is 9.21 Å². The molecule has 6 heteroatoms. The van der Waals surface area contributed by atoms with E-state index in [0.29, 0.717) is 17.6 Å². The van der Waals surface area contributed by atoms with Crippen LogP contribution in [-0.2, 0) is 16.8 Å². The van der Waals surface area contributed by atoms with Crippen LogP contribution in [0.15, 0.2) is 70.1 Å². The van der Waals surface area contributed by atoms with E-state index in [9.17, 15) is 9.59 Å². The lowest BCUT2D eigenvalue weighted by molar-refractivity contribution is -0.121. The third kappa shape index (κ3) is 2.78. The van der Waals surface area contributed by atoms with Gasteiger partial charge in [-0.25, -0.2) is 4.98 Å². The molecular formula is C22H19N3O3. The van der Waals surface area contributed by atoms with E-state index >= 15 is 0 Å². The SMILES string of the molecule is O=C(Cn1cnc2c(oc3ccccc32)c1=O)NCC1(c2ccccc2)CC1. The number of nitrogens with zero attached hydrogens (tertiary/aromatic N) is 2. The summed E-state index contributed by atoms with van der Waals surface area (Å²) in [4.78, 5) is 29.5. The molecule has 1 N–H and O–H groups in total. The Morgan fingerprint density at radius 1 is 1.11 bits per heavy atom. The molecule has 0 radical (unpaired) electrons. The van der Waals surface area contributed by atoms with Crippen LogP contribution in [-0.4, -0.2) is 22.0 Å². The maximum Gasteiger partial charge on any atom is 0.297 e. The van der Waals surface area contributed by atoms with E-state index in [0.717, 1.165) is 18.2 Å². The Hall–Kier alpha value is -3.41. The summed E-state index contributed by atoms with van der Waals surface area (Å²) in [7, 11) is 0. The van der Waals surface area contributed by atoms with E-state index in [1.165, 1.54) is 16.5 Å². The summed E-state index contributed by atoms with van der Waals surface area (Å²) in [5, 5.41) is 3.77. The predicted octanol–water partition coefficient (Wildman–Crippen LogP) is 2.99. The van der Waals surface area contributed by atoms with Gasteiger partial charge in [-0.3, -0.25) is 14.2 Å². The summed E-state index contributed by atoms with van der Waals surface area (Å²) in [6.45, 7) is 0.495. The Morgan fingerprint density at radius 3 is 2.64 bits per heavy atom. The predicted molar refractivity (Wildman–Crippen MR) is 106 cm³/mol. The zero-order valence-electron chi connectivity index (χ0n) is 15.2. The molecular weight excluding hydrogens is 354 g/mol. The Labute approximate surface area is 160 Å². The lowest BCUT2D eigenvalue weighted by Crippen LogP contribution is -2.36. The first-order chi connectivity index (χ1) is 13.7. The number of para-hydroxylation sites is 1. The number of hydrogen-bond acceptors (Lipinski definition) is 4. The zero-order chi connectivity index (χ0) is 19.1. The number of benzene rings is 2. The highest BCUT2D eigenvalue weighted by Gasteiger charge is 2.44. The highest BCUT2D eigenvalue weighted by atomic mass is 16.3. The van der Waals surface area contributed by atoms with Crippen molar-refractivity contribution in [2.24, 2.45) is 0 Å². The third-order valence-corrected chi connectivity index (χ3v) is 5.53. The first-order valence-corrected chi connectivity index (χ1v) is 9.35. The molecule has 1 amide bonds. The van der Waals surface area contributed by atoms with Crippen LogP contribution in [0.25, 0.3) is 22.1 Å². The molecule has 2 heterocycles. The molecule has 1 aliphatic rings. The normalized spacial score (nSPS) is 15.0. The second-order valence-electron chi connectivity index (χ2n) is 7.38. The molecule has 0 spiro atoms. The van der Waals surface area contributed by atoms with Crippen molar-refractivity contribution in [3.63, 3.8) is 0 Å². The van der Waals surface area contributed by atoms with Crippen molar-refractivity contribution in [3.8, 4) is 0 Å². The Balaban J connectivity index is 1.34. The molecule has 0 unspecified atom stereocenters. The summed E-state index contributed by atoms with van der Waals surface area (Å²) < 4.78 is 6.95. The van der Waals surface area contributed by atoms with Gasteiger partial charge in [-0.15, -0.1) is 0 Å². The fraction of sp³-hybridized carbons (Fsp3) is 0.227. The second kappa shape index (κ2) is 6.34. The van der Waals surface area contributed by atoms with Crippen molar-refractivity contribution in [1.82, 2.24) is 14.9 Å². The van der Waals surface area contributed by atoms with Gasteiger partial charge in [0.2, 0.25) is 11.5 Å². The van der Waals surface area contributed by atoms with Crippen LogP contribution >= 0.6 is 0 Å². The maximum atomic E-state index is 12.7. The number of hydrogen-bond donors (Lipinski definition) is 1. The number of furan rings is 1. The highest BCUT2D eigenvalue weighted by molar-refractivity contribution is 6.01. The Morgan fingerprint density at radius 2 is 1.86 bits per heavy atom. The van der Waals surface area contributed by atoms with Crippen molar-refractivity contribution in [3.05, 3.63) is 76.8 Å². The molecule has 0 bridgehead atoms. The van der Waals surface area contributed by atoms with E-state index in [-0.39, 0.29) is 29.0 Å². The third-order valence-electron chi connectivity index (χ3n) is 5.53. The molecule has 1 saturated carbocycles. The molecule has 0 atom stereocenters. The van der Waals surface area contributed by atoms with Gasteiger partial charge < -0.3 is 9.73 Å². The van der Waals surface area contributed by atoms with Gasteiger partial charge in [0.05, 0.1) is 6.33 Å². The first-order valence-electron chi connectivity index (χ1n) is 9.35. The fourth-order valence-corrected chi connectivity index (χ4v) is 3.72. The zero-order valence-corrected chi connectivity index (χ0v) is 15.2. The molecule has 0 aliphatic heterocycles. The minimum absolute atomic E-state index is 0.0306. The van der Waals surface area contributed by atoms with Crippen LogP contribution in [0.2, 0.25) is 0 Å². The lowest BCUT2D eigenvalue weighted by atomic mass is 9.96. The molecule has 2 aromatic carbocycles. The van der Waals surface area contributed by atoms with Gasteiger partial charge in [0.25, 0.3) is 5.56 Å². The summed E-state index contributed by atoms with van der Waals surface area (Å²) in [6, 6.07) is 17.6. The van der Waals surface area contributed by atoms with Gasteiger partial charge in [0, 0.05) is 17.3 Å². The van der Waals surface area contributed by atoms with E-state index in [2.05, 4.69) is 22.4 Å². The number of nitrogens with one attached hydrogen (secondary N) is 1. The smallest absolute Gasteiger partial charge is 0.297 e. The van der Waals surface area contributed by atoms with Crippen molar-refractivity contribution >= 4 is 28.0 Å². The maximum absolute atomic E-state index is 12.7. The molecule has 5 rings (SSSR count). The number of carbonyl (C=O) groups excluding carboxylic acids is 1. The topological polar surface area (TPSA) is 77.1 Å². The minimum Gasteiger partial charge on any atom is -0.448 e. The van der Waals surface area contributed by atoms with Gasteiger partial charge in [0.1, 0.15) is 17.6 Å². The van der Waals surface area contributed by atoms with Gasteiger partial charge in [0.15, 0.2) is 0 Å². The standard InChI is InChI=1S/C22H19N3O3/c26-18(23-13-22(10-11-22)15-6-2-1-3-7-15)12-25-14-24-19-16-8-4-5-9-17(16)28-20(19)21(25)27/h1-9,14H,10-13H2,(H,23,26). The number of aromatic nitrogens is 2. The van der Waals surface area contributed by atoms with Crippen LogP contribution in [0.4, 0.5) is 0 Å². The van der Waals surface area contributed by atoms with Crippen LogP contribution in [0.3, 0.4) is 0 Å². The van der Waals surface area contributed by atoms with Gasteiger partial charge in [-0.05, 0) is 30.5 Å². The molecule has 1 aliphatic carbocycles. The number of amides is 1. The quantitative estimate of drug-likeness (QED) is 0.583. The second-order valence-corrected chi connectivity index (χ2v) is 7.38. The van der Waals surface area contributed by atoms with E-state index in [4.69, 9.17) is 4.42 Å². The van der Waals surface area contributed by atoms with Crippen LogP contribution in [0.5, 0.6) is 0 Å². The summed E-state index contributed by atoms with van der Waals surface area (Å²) in [5.74, 6) is -0.207. The number of carbonyl (C=O) groups is 1. The fourth-order valence-electron chi connectivity index (χ4n) is 3.72. The summed E-state index contributed by atoms with van der Waals surface area (Å²) >= 11 is 0. The van der Waals surface area contributed by atoms with E-state index in [1.54, 1.807) is 6.07 Å². The first kappa shape index (κ1) is 16.7.